The van der Waals surface area contributed by atoms with Crippen LogP contribution in [0.1, 0.15) is 279 Å². The molecule has 6 atom stereocenters. The Labute approximate surface area is 507 Å². The van der Waals surface area contributed by atoms with Crippen LogP contribution in [0, 0.1) is 71.0 Å². The van der Waals surface area contributed by atoms with Crippen LogP contribution in [0.3, 0.4) is 0 Å². The first-order valence-electron chi connectivity index (χ1n) is 34.2. The molecule has 0 aliphatic heterocycles. The normalized spacial score (nSPS) is 14.1. The van der Waals surface area contributed by atoms with Gasteiger partial charge in [-0.25, -0.2) is 4.79 Å². The van der Waals surface area contributed by atoms with Gasteiger partial charge in [0.15, 0.2) is 23.0 Å². The summed E-state index contributed by atoms with van der Waals surface area (Å²) < 4.78 is 40.5. The van der Waals surface area contributed by atoms with Crippen molar-refractivity contribution >= 4 is 17.4 Å². The van der Waals surface area contributed by atoms with Gasteiger partial charge in [0.1, 0.15) is 0 Å². The second kappa shape index (κ2) is 44.0. The van der Waals surface area contributed by atoms with Crippen molar-refractivity contribution < 1.29 is 33.2 Å². The zero-order valence-electron chi connectivity index (χ0n) is 56.8. The minimum atomic E-state index is -0.392. The lowest BCUT2D eigenvalue weighted by molar-refractivity contribution is 0.216. The summed E-state index contributed by atoms with van der Waals surface area (Å²) in [6.07, 6.45) is 27.4. The fraction of sp³-hybridized carbons (Fsp3) is 0.822. The molecule has 9 nitrogen and oxygen atoms in total. The summed E-state index contributed by atoms with van der Waals surface area (Å²) >= 11 is 0. The van der Waals surface area contributed by atoms with Crippen molar-refractivity contribution in [3.05, 3.63) is 24.3 Å². The molecule has 2 amide bonds. The lowest BCUT2D eigenvalue weighted by atomic mass is 9.97. The van der Waals surface area contributed by atoms with Crippen molar-refractivity contribution in [2.45, 2.75) is 279 Å². The minimum Gasteiger partial charge on any atom is -0.489 e. The first-order valence-corrected chi connectivity index (χ1v) is 34.2. The highest BCUT2D eigenvalue weighted by Gasteiger charge is 2.22. The van der Waals surface area contributed by atoms with Gasteiger partial charge in [-0.05, 0) is 110 Å². The molecule has 82 heavy (non-hydrogen) atoms. The summed E-state index contributed by atoms with van der Waals surface area (Å²) in [4.78, 5) is 14.5. The Hall–Kier alpha value is -3.49. The van der Waals surface area contributed by atoms with E-state index in [1.54, 1.807) is 0 Å². The third-order valence-corrected chi connectivity index (χ3v) is 16.6. The molecule has 0 saturated heterocycles. The molecule has 0 saturated carbocycles. The summed E-state index contributed by atoms with van der Waals surface area (Å²) in [6.45, 7) is 44.9. The van der Waals surface area contributed by atoms with Crippen molar-refractivity contribution in [3.63, 3.8) is 0 Å². The van der Waals surface area contributed by atoms with Crippen LogP contribution >= 0.6 is 0 Å². The van der Waals surface area contributed by atoms with Gasteiger partial charge >= 0.3 is 6.03 Å². The van der Waals surface area contributed by atoms with E-state index in [4.69, 9.17) is 28.4 Å². The van der Waals surface area contributed by atoms with Crippen molar-refractivity contribution in [1.29, 1.82) is 0 Å². The third-order valence-electron chi connectivity index (χ3n) is 16.6. The first-order chi connectivity index (χ1) is 39.0. The number of ether oxygens (including phenoxy) is 6. The highest BCUT2D eigenvalue weighted by atomic mass is 16.5. The maximum absolute atomic E-state index is 14.5. The Balaban J connectivity index is 2.64. The van der Waals surface area contributed by atoms with E-state index in [2.05, 4.69) is 135 Å². The van der Waals surface area contributed by atoms with Gasteiger partial charge in [0.05, 0.1) is 51.0 Å². The van der Waals surface area contributed by atoms with E-state index in [1.165, 1.54) is 116 Å². The number of urea groups is 1. The number of carbonyl (C=O) groups excluding carboxylic acids is 1. The summed E-state index contributed by atoms with van der Waals surface area (Å²) in [5, 5.41) is 6.39. The molecule has 9 heteroatoms. The van der Waals surface area contributed by atoms with Gasteiger partial charge in [0.2, 0.25) is 11.5 Å². The molecule has 0 bridgehead atoms. The fourth-order valence-electron chi connectivity index (χ4n) is 10.6. The maximum atomic E-state index is 14.5. The Morgan fingerprint density at radius 1 is 0.280 bits per heavy atom. The number of amides is 2. The molecular weight excluding hydrogens is 1020 g/mol. The second-order valence-corrected chi connectivity index (χ2v) is 28.6. The molecule has 0 aromatic heterocycles. The molecule has 476 valence electrons. The van der Waals surface area contributed by atoms with Gasteiger partial charge in [-0.1, -0.05) is 240 Å². The molecule has 0 fully saturated rings. The predicted octanol–water partition coefficient (Wildman–Crippen LogP) is 22.7. The largest absolute Gasteiger partial charge is 0.489 e. The summed E-state index contributed by atoms with van der Waals surface area (Å²) in [7, 11) is 0. The lowest BCUT2D eigenvalue weighted by Crippen LogP contribution is -2.20. The monoisotopic (exact) mass is 1150 g/mol. The molecule has 0 aliphatic rings. The zero-order chi connectivity index (χ0) is 60.8. The molecule has 0 heterocycles. The quantitative estimate of drug-likeness (QED) is 0.0681. The van der Waals surface area contributed by atoms with Gasteiger partial charge < -0.3 is 39.1 Å². The number of carbonyl (C=O) groups is 1. The van der Waals surface area contributed by atoms with Crippen LogP contribution in [-0.2, 0) is 0 Å². The lowest BCUT2D eigenvalue weighted by Gasteiger charge is -2.22. The van der Waals surface area contributed by atoms with Crippen molar-refractivity contribution in [2.24, 2.45) is 71.0 Å². The molecule has 2 rings (SSSR count). The molecule has 2 N–H and O–H groups in total. The van der Waals surface area contributed by atoms with E-state index < -0.39 is 6.03 Å². The van der Waals surface area contributed by atoms with E-state index in [9.17, 15) is 4.79 Å². The van der Waals surface area contributed by atoms with E-state index in [0.29, 0.717) is 157 Å². The van der Waals surface area contributed by atoms with Crippen LogP contribution in [0.15, 0.2) is 24.3 Å². The van der Waals surface area contributed by atoms with E-state index in [-0.39, 0.29) is 0 Å². The number of hydrogen-bond acceptors (Lipinski definition) is 7. The topological polar surface area (TPSA) is 96.5 Å². The number of hydrogen-bond donors (Lipinski definition) is 2. The average molecular weight is 1150 g/mol. The van der Waals surface area contributed by atoms with Crippen molar-refractivity contribution in [3.8, 4) is 34.5 Å². The molecule has 0 radical (unpaired) electrons. The minimum absolute atomic E-state index is 0.392. The fourth-order valence-corrected chi connectivity index (χ4v) is 10.6. The summed E-state index contributed by atoms with van der Waals surface area (Å²) in [5.41, 5.74) is 1.14. The molecule has 0 aliphatic carbocycles. The Morgan fingerprint density at radius 3 is 0.646 bits per heavy atom. The van der Waals surface area contributed by atoms with Crippen molar-refractivity contribution in [1.82, 2.24) is 0 Å². The van der Waals surface area contributed by atoms with E-state index in [1.807, 2.05) is 24.3 Å². The highest BCUT2D eigenvalue weighted by Crippen LogP contribution is 2.44. The van der Waals surface area contributed by atoms with E-state index >= 15 is 0 Å². The van der Waals surface area contributed by atoms with Crippen LogP contribution in [0.4, 0.5) is 16.2 Å². The van der Waals surface area contributed by atoms with E-state index in [0.717, 1.165) is 38.5 Å². The van der Waals surface area contributed by atoms with Crippen LogP contribution in [0.2, 0.25) is 0 Å². The van der Waals surface area contributed by atoms with Gasteiger partial charge in [-0.15, -0.1) is 0 Å². The smallest absolute Gasteiger partial charge is 0.323 e. The van der Waals surface area contributed by atoms with Crippen LogP contribution in [0.5, 0.6) is 34.5 Å². The number of rotatable bonds is 50. The molecule has 0 unspecified atom stereocenters. The maximum Gasteiger partial charge on any atom is 0.323 e. The summed E-state index contributed by atoms with van der Waals surface area (Å²) in [5.74, 6) is 11.0. The van der Waals surface area contributed by atoms with Crippen LogP contribution < -0.4 is 39.1 Å². The molecule has 0 spiro atoms. The SMILES string of the molecule is CC(C)CCC[C@H](C)CCOc1cc(NC(=O)Nc2cc(OCC[C@@H](C)CCCC(C)C)c(OCC[C@@H](C)CCCC(C)C)c(OCC[C@@H](C)CCCC(C)C)c2)cc(OCC[C@@H](C)CCCC(C)C)c1OCC[C@@H](C)CCCC(C)C. The molecule has 2 aromatic rings. The Kier molecular flexibility index (Phi) is 40.1. The van der Waals surface area contributed by atoms with Crippen molar-refractivity contribution in [2.75, 3.05) is 50.3 Å². The Morgan fingerprint density at radius 2 is 0.463 bits per heavy atom. The second-order valence-electron chi connectivity index (χ2n) is 28.6. The van der Waals surface area contributed by atoms with Gasteiger partial charge in [-0.3, -0.25) is 0 Å². The number of nitrogens with one attached hydrogen (secondary N) is 2. The third kappa shape index (κ3) is 37.0. The molecule has 2 aromatic carbocycles. The first kappa shape index (κ1) is 74.6. The van der Waals surface area contributed by atoms with Gasteiger partial charge in [0, 0.05) is 24.3 Å². The predicted molar refractivity (Wildman–Crippen MR) is 353 cm³/mol. The van der Waals surface area contributed by atoms with Gasteiger partial charge in [0.25, 0.3) is 0 Å². The number of anilines is 2. The standard InChI is InChI=1S/C73H132N2O7/c1-53(2)25-19-31-59(13)37-43-77-67-49-65(50-68(78-44-38-60(14)32-20-26-54(3)4)71(67)81-47-41-63(17)35-23-29-57(9)10)74-73(76)75-66-51-69(79-45-39-61(15)33-21-27-55(5)6)72(82-48-42-64(18)36-24-30-58(11)12)70(52-66)80-46-40-62(16)34-22-28-56(7)8/h49-64H,19-48H2,1-18H3,(H2,74,75,76)/t59-,60-,61-,62-,63-,64-/m0/s1. The van der Waals surface area contributed by atoms with Gasteiger partial charge in [-0.2, -0.15) is 0 Å². The average Bonchev–Trinajstić information content (AvgIpc) is 3.37. The van der Waals surface area contributed by atoms with Crippen LogP contribution in [-0.4, -0.2) is 45.7 Å². The summed E-state index contributed by atoms with van der Waals surface area (Å²) in [6, 6.07) is 7.28. The molecular formula is C73H132N2O7. The number of benzene rings is 2. The Bertz CT molecular complexity index is 1680. The zero-order valence-corrected chi connectivity index (χ0v) is 56.8. The highest BCUT2D eigenvalue weighted by molar-refractivity contribution is 6.00. The van der Waals surface area contributed by atoms with Crippen LogP contribution in [0.25, 0.3) is 0 Å².